The molecule has 2 aromatic rings. The number of phenolic OH excluding ortho intramolecular Hbond substituents is 1. The molecule has 0 saturated carbocycles. The van der Waals surface area contributed by atoms with E-state index in [0.717, 1.165) is 24.4 Å². The van der Waals surface area contributed by atoms with Crippen LogP contribution in [-0.2, 0) is 0 Å². The molecule has 0 bridgehead atoms. The van der Waals surface area contributed by atoms with Gasteiger partial charge in [-0.05, 0) is 76.7 Å². The number of aromatic nitrogens is 3. The van der Waals surface area contributed by atoms with Gasteiger partial charge >= 0.3 is 0 Å². The lowest BCUT2D eigenvalue weighted by Gasteiger charge is -2.02. The molecule has 5 nitrogen and oxygen atoms in total. The van der Waals surface area contributed by atoms with Crippen LogP contribution in [0, 0.1) is 21.0 Å². The van der Waals surface area contributed by atoms with Crippen molar-refractivity contribution in [1.29, 1.82) is 0 Å². The van der Waals surface area contributed by atoms with E-state index in [4.69, 9.17) is 0 Å². The van der Waals surface area contributed by atoms with Crippen molar-refractivity contribution in [1.82, 2.24) is 14.9 Å². The van der Waals surface area contributed by atoms with Crippen LogP contribution in [0.25, 0.3) is 0 Å². The summed E-state index contributed by atoms with van der Waals surface area (Å²) in [4.78, 5) is 0. The Bertz CT molecular complexity index is 579. The first-order chi connectivity index (χ1) is 8.49. The summed E-state index contributed by atoms with van der Waals surface area (Å²) in [6, 6.07) is 3.74. The number of rotatable bonds is 2. The first kappa shape index (κ1) is 13.7. The Morgan fingerprint density at radius 2 is 1.67 bits per heavy atom. The number of halogens is 2. The maximum atomic E-state index is 9.69. The zero-order chi connectivity index (χ0) is 13.3. The van der Waals surface area contributed by atoms with Crippen LogP contribution >= 0.6 is 45.2 Å². The third-order valence-electron chi connectivity index (χ3n) is 2.31. The molecule has 0 atom stereocenters. The highest BCUT2D eigenvalue weighted by molar-refractivity contribution is 14.1. The Balaban J connectivity index is 2.35. The van der Waals surface area contributed by atoms with E-state index in [-0.39, 0.29) is 0 Å². The smallest absolute Gasteiger partial charge is 0.151 e. The normalized spacial score (nSPS) is 11.3. The number of hydrogen-bond acceptors (Lipinski definition) is 4. The molecule has 0 unspecified atom stereocenters. The van der Waals surface area contributed by atoms with Gasteiger partial charge in [-0.2, -0.15) is 5.10 Å². The van der Waals surface area contributed by atoms with Crippen molar-refractivity contribution in [3.05, 3.63) is 36.5 Å². The molecule has 0 amide bonds. The van der Waals surface area contributed by atoms with Gasteiger partial charge in [0.2, 0.25) is 0 Å². The molecule has 7 heteroatoms. The lowest BCUT2D eigenvalue weighted by Crippen LogP contribution is -1.97. The monoisotopic (exact) mass is 468 g/mol. The standard InChI is InChI=1S/C11H10I2N4O/c1-6-15-16-7(2)17(6)14-5-8-3-9(12)11(18)10(13)4-8/h3-5,18H,1-2H3. The van der Waals surface area contributed by atoms with Gasteiger partial charge in [0, 0.05) is 0 Å². The van der Waals surface area contributed by atoms with E-state index in [9.17, 15) is 5.11 Å². The van der Waals surface area contributed by atoms with Crippen molar-refractivity contribution in [3.63, 3.8) is 0 Å². The minimum absolute atomic E-state index is 0.310. The Labute approximate surface area is 132 Å². The van der Waals surface area contributed by atoms with Crippen LogP contribution in [0.3, 0.4) is 0 Å². The molecule has 1 aromatic carbocycles. The van der Waals surface area contributed by atoms with Crippen molar-refractivity contribution in [2.45, 2.75) is 13.8 Å². The summed E-state index contributed by atoms with van der Waals surface area (Å²) in [7, 11) is 0. The first-order valence-corrected chi connectivity index (χ1v) is 7.26. The van der Waals surface area contributed by atoms with Gasteiger partial charge in [-0.3, -0.25) is 0 Å². The van der Waals surface area contributed by atoms with E-state index in [1.165, 1.54) is 0 Å². The summed E-state index contributed by atoms with van der Waals surface area (Å²) < 4.78 is 3.28. The lowest BCUT2D eigenvalue weighted by molar-refractivity contribution is 0.467. The lowest BCUT2D eigenvalue weighted by atomic mass is 10.2. The molecular weight excluding hydrogens is 458 g/mol. The second-order valence-electron chi connectivity index (χ2n) is 3.68. The van der Waals surface area contributed by atoms with Gasteiger partial charge in [0.05, 0.1) is 13.4 Å². The van der Waals surface area contributed by atoms with Crippen LogP contribution in [0.2, 0.25) is 0 Å². The molecule has 0 aliphatic rings. The highest BCUT2D eigenvalue weighted by Gasteiger charge is 2.05. The van der Waals surface area contributed by atoms with Crippen LogP contribution in [0.5, 0.6) is 5.75 Å². The van der Waals surface area contributed by atoms with Crippen LogP contribution in [0.4, 0.5) is 0 Å². The summed E-state index contributed by atoms with van der Waals surface area (Å²) in [5, 5.41) is 21.9. The number of hydrogen-bond donors (Lipinski definition) is 1. The maximum Gasteiger partial charge on any atom is 0.151 e. The van der Waals surface area contributed by atoms with Crippen LogP contribution in [0.1, 0.15) is 17.2 Å². The van der Waals surface area contributed by atoms with Gasteiger partial charge in [0.15, 0.2) is 11.6 Å². The van der Waals surface area contributed by atoms with Crippen LogP contribution in [0.15, 0.2) is 17.2 Å². The average molecular weight is 468 g/mol. The molecule has 0 aliphatic carbocycles. The fraction of sp³-hybridized carbons (Fsp3) is 0.182. The Hall–Kier alpha value is -0.710. The fourth-order valence-corrected chi connectivity index (χ4v) is 3.23. The van der Waals surface area contributed by atoms with Gasteiger partial charge < -0.3 is 5.11 Å². The summed E-state index contributed by atoms with van der Waals surface area (Å²) in [5.41, 5.74) is 0.925. The van der Waals surface area contributed by atoms with Crippen molar-refractivity contribution < 1.29 is 5.11 Å². The molecule has 2 rings (SSSR count). The molecule has 0 radical (unpaired) electrons. The van der Waals surface area contributed by atoms with Crippen molar-refractivity contribution in [2.24, 2.45) is 5.10 Å². The molecule has 0 saturated heterocycles. The zero-order valence-corrected chi connectivity index (χ0v) is 14.0. The summed E-state index contributed by atoms with van der Waals surface area (Å²) in [6.45, 7) is 3.70. The second kappa shape index (κ2) is 5.51. The maximum absolute atomic E-state index is 9.69. The first-order valence-electron chi connectivity index (χ1n) is 5.10. The highest BCUT2D eigenvalue weighted by atomic mass is 127. The van der Waals surface area contributed by atoms with Crippen molar-refractivity contribution in [2.75, 3.05) is 0 Å². The van der Waals surface area contributed by atoms with E-state index in [0.29, 0.717) is 5.75 Å². The van der Waals surface area contributed by atoms with Gasteiger partial charge in [-0.15, -0.1) is 10.2 Å². The molecule has 94 valence electrons. The molecule has 0 aliphatic heterocycles. The molecule has 1 aromatic heterocycles. The quantitative estimate of drug-likeness (QED) is 0.545. The largest absolute Gasteiger partial charge is 0.506 e. The van der Waals surface area contributed by atoms with Gasteiger partial charge in [-0.1, -0.05) is 0 Å². The van der Waals surface area contributed by atoms with Crippen molar-refractivity contribution >= 4 is 51.4 Å². The van der Waals surface area contributed by atoms with Gasteiger partial charge in [0.1, 0.15) is 5.75 Å². The second-order valence-corrected chi connectivity index (χ2v) is 6.01. The van der Waals surface area contributed by atoms with E-state index >= 15 is 0 Å². The fourth-order valence-electron chi connectivity index (χ4n) is 1.41. The molecule has 0 fully saturated rings. The highest BCUT2D eigenvalue weighted by Crippen LogP contribution is 2.26. The van der Waals surface area contributed by atoms with E-state index in [1.807, 2.05) is 26.0 Å². The topological polar surface area (TPSA) is 63.3 Å². The minimum Gasteiger partial charge on any atom is -0.506 e. The van der Waals surface area contributed by atoms with Crippen molar-refractivity contribution in [3.8, 4) is 5.75 Å². The molecule has 0 spiro atoms. The van der Waals surface area contributed by atoms with E-state index < -0.39 is 0 Å². The molecule has 1 N–H and O–H groups in total. The van der Waals surface area contributed by atoms with E-state index in [1.54, 1.807) is 10.9 Å². The number of aryl methyl sites for hydroxylation is 2. The molecular formula is C11H10I2N4O. The Kier molecular flexibility index (Phi) is 4.20. The van der Waals surface area contributed by atoms with Crippen LogP contribution in [-0.4, -0.2) is 26.2 Å². The Morgan fingerprint density at radius 1 is 1.17 bits per heavy atom. The molecule has 1 heterocycles. The average Bonchev–Trinajstić information content (AvgIpc) is 2.63. The third kappa shape index (κ3) is 2.82. The van der Waals surface area contributed by atoms with Gasteiger partial charge in [-0.25, -0.2) is 4.68 Å². The number of nitrogens with zero attached hydrogens (tertiary/aromatic N) is 4. The third-order valence-corrected chi connectivity index (χ3v) is 3.96. The summed E-state index contributed by atoms with van der Waals surface area (Å²) >= 11 is 4.19. The van der Waals surface area contributed by atoms with Gasteiger partial charge in [0.25, 0.3) is 0 Å². The zero-order valence-electron chi connectivity index (χ0n) is 9.72. The number of phenols is 1. The summed E-state index contributed by atoms with van der Waals surface area (Å²) in [6.07, 6.45) is 1.73. The Morgan fingerprint density at radius 3 is 2.17 bits per heavy atom. The SMILES string of the molecule is Cc1nnc(C)n1N=Cc1cc(I)c(O)c(I)c1. The molecule has 18 heavy (non-hydrogen) atoms. The summed E-state index contributed by atoms with van der Waals surface area (Å²) in [5.74, 6) is 1.80. The minimum atomic E-state index is 0.310. The number of benzene rings is 1. The van der Waals surface area contributed by atoms with E-state index in [2.05, 4.69) is 60.5 Å². The van der Waals surface area contributed by atoms with Crippen LogP contribution < -0.4 is 0 Å². The predicted molar refractivity (Wildman–Crippen MR) is 86.0 cm³/mol. The predicted octanol–water partition coefficient (Wildman–Crippen LogP) is 2.69. The number of aromatic hydroxyl groups is 1.